The quantitative estimate of drug-likeness (QED) is 0.717. The third kappa shape index (κ3) is 2.60. The Morgan fingerprint density at radius 2 is 1.69 bits per heavy atom. The van der Waals surface area contributed by atoms with Crippen LogP contribution in [-0.2, 0) is 4.79 Å². The summed E-state index contributed by atoms with van der Waals surface area (Å²) in [5.41, 5.74) is 4.94. The summed E-state index contributed by atoms with van der Waals surface area (Å²) in [6.07, 6.45) is 1.90. The van der Waals surface area contributed by atoms with Gasteiger partial charge in [0.1, 0.15) is 5.75 Å². The summed E-state index contributed by atoms with van der Waals surface area (Å²) >= 11 is 0. The average Bonchev–Trinajstić information content (AvgIpc) is 2.29. The number of benzene rings is 2. The highest BCUT2D eigenvalue weighted by atomic mass is 16.3. The standard InChI is InChI=1S/C12H10O.CH3NO/c1-2-9-7-10-5-3-4-6-11(10)8-12(9)13;2-1-3/h2-8,13H,1H2;1H,(H2,2,3). The van der Waals surface area contributed by atoms with Gasteiger partial charge in [-0.05, 0) is 22.9 Å². The smallest absolute Gasteiger partial charge is 0.204 e. The molecule has 2 aromatic carbocycles. The van der Waals surface area contributed by atoms with Crippen molar-refractivity contribution in [1.82, 2.24) is 0 Å². The second kappa shape index (κ2) is 5.56. The van der Waals surface area contributed by atoms with Crippen molar-refractivity contribution in [1.29, 1.82) is 0 Å². The zero-order valence-electron chi connectivity index (χ0n) is 8.76. The van der Waals surface area contributed by atoms with Crippen LogP contribution in [0.3, 0.4) is 0 Å². The number of aromatic hydroxyl groups is 1. The van der Waals surface area contributed by atoms with Crippen LogP contribution in [0.5, 0.6) is 5.75 Å². The molecule has 0 heterocycles. The molecule has 0 aliphatic rings. The molecule has 1 amide bonds. The summed E-state index contributed by atoms with van der Waals surface area (Å²) in [6, 6.07) is 11.6. The van der Waals surface area contributed by atoms with Gasteiger partial charge >= 0.3 is 0 Å². The number of carbonyl (C=O) groups is 1. The molecule has 0 saturated carbocycles. The lowest BCUT2D eigenvalue weighted by atomic mass is 10.1. The topological polar surface area (TPSA) is 63.3 Å². The first kappa shape index (κ1) is 11.8. The molecule has 3 heteroatoms. The van der Waals surface area contributed by atoms with Gasteiger partial charge in [-0.15, -0.1) is 0 Å². The first-order valence-electron chi connectivity index (χ1n) is 4.72. The number of phenolic OH excluding ortho intramolecular Hbond substituents is 1. The fourth-order valence-corrected chi connectivity index (χ4v) is 1.41. The molecule has 2 aromatic rings. The monoisotopic (exact) mass is 215 g/mol. The van der Waals surface area contributed by atoms with Crippen LogP contribution in [0, 0.1) is 0 Å². The van der Waals surface area contributed by atoms with Crippen molar-refractivity contribution in [2.75, 3.05) is 0 Å². The zero-order valence-corrected chi connectivity index (χ0v) is 8.76. The van der Waals surface area contributed by atoms with E-state index in [0.717, 1.165) is 16.3 Å². The van der Waals surface area contributed by atoms with E-state index < -0.39 is 0 Å². The van der Waals surface area contributed by atoms with Crippen LogP contribution in [0.2, 0.25) is 0 Å². The summed E-state index contributed by atoms with van der Waals surface area (Å²) in [4.78, 5) is 8.58. The van der Waals surface area contributed by atoms with Crippen LogP contribution in [0.15, 0.2) is 43.0 Å². The minimum absolute atomic E-state index is 0.250. The van der Waals surface area contributed by atoms with Crippen LogP contribution < -0.4 is 5.73 Å². The van der Waals surface area contributed by atoms with Crippen molar-refractivity contribution in [3.05, 3.63) is 48.5 Å². The summed E-state index contributed by atoms with van der Waals surface area (Å²) in [7, 11) is 0. The number of primary amides is 1. The summed E-state index contributed by atoms with van der Waals surface area (Å²) in [6.45, 7) is 3.64. The van der Waals surface area contributed by atoms with Gasteiger partial charge in [-0.25, -0.2) is 0 Å². The third-order valence-electron chi connectivity index (χ3n) is 2.11. The normalized spacial score (nSPS) is 9.00. The molecule has 0 atom stereocenters. The van der Waals surface area contributed by atoms with E-state index >= 15 is 0 Å². The summed E-state index contributed by atoms with van der Waals surface area (Å²) < 4.78 is 0. The van der Waals surface area contributed by atoms with Gasteiger partial charge in [0.05, 0.1) is 0 Å². The predicted octanol–water partition coefficient (Wildman–Crippen LogP) is 2.29. The average molecular weight is 215 g/mol. The fraction of sp³-hybridized carbons (Fsp3) is 0. The summed E-state index contributed by atoms with van der Waals surface area (Å²) in [5, 5.41) is 11.7. The van der Waals surface area contributed by atoms with Gasteiger partial charge in [0.2, 0.25) is 6.41 Å². The summed E-state index contributed by atoms with van der Waals surface area (Å²) in [5.74, 6) is 0.286. The highest BCUT2D eigenvalue weighted by Crippen LogP contribution is 2.25. The number of nitrogens with two attached hydrogens (primary N) is 1. The number of rotatable bonds is 1. The van der Waals surface area contributed by atoms with E-state index in [1.807, 2.05) is 30.3 Å². The van der Waals surface area contributed by atoms with Crippen LogP contribution in [0.25, 0.3) is 16.8 Å². The van der Waals surface area contributed by atoms with Gasteiger partial charge in [-0.2, -0.15) is 0 Å². The maximum Gasteiger partial charge on any atom is 0.204 e. The fourth-order valence-electron chi connectivity index (χ4n) is 1.41. The van der Waals surface area contributed by atoms with E-state index in [9.17, 15) is 5.11 Å². The van der Waals surface area contributed by atoms with Crippen molar-refractivity contribution < 1.29 is 9.90 Å². The van der Waals surface area contributed by atoms with E-state index in [4.69, 9.17) is 4.79 Å². The van der Waals surface area contributed by atoms with Crippen molar-refractivity contribution in [2.45, 2.75) is 0 Å². The SMILES string of the molecule is C=Cc1cc2ccccc2cc1O.NC=O. The molecule has 0 aliphatic heterocycles. The van der Waals surface area contributed by atoms with Crippen molar-refractivity contribution in [2.24, 2.45) is 5.73 Å². The number of hydrogen-bond donors (Lipinski definition) is 2. The molecule has 82 valence electrons. The van der Waals surface area contributed by atoms with Gasteiger partial charge < -0.3 is 10.8 Å². The molecule has 16 heavy (non-hydrogen) atoms. The van der Waals surface area contributed by atoms with Crippen LogP contribution >= 0.6 is 0 Å². The van der Waals surface area contributed by atoms with E-state index in [1.54, 1.807) is 12.1 Å². The molecule has 0 radical (unpaired) electrons. The second-order valence-electron chi connectivity index (χ2n) is 3.10. The van der Waals surface area contributed by atoms with Crippen LogP contribution in [-0.4, -0.2) is 11.5 Å². The van der Waals surface area contributed by atoms with E-state index in [1.165, 1.54) is 0 Å². The largest absolute Gasteiger partial charge is 0.507 e. The molecule has 0 bridgehead atoms. The number of phenols is 1. The second-order valence-corrected chi connectivity index (χ2v) is 3.10. The van der Waals surface area contributed by atoms with Crippen LogP contribution in [0.1, 0.15) is 5.56 Å². The maximum atomic E-state index is 9.54. The molecule has 2 rings (SSSR count). The zero-order chi connectivity index (χ0) is 12.0. The minimum atomic E-state index is 0.250. The molecule has 0 aliphatic carbocycles. The van der Waals surface area contributed by atoms with Gasteiger partial charge in [-0.1, -0.05) is 36.9 Å². The molecule has 3 nitrogen and oxygen atoms in total. The highest BCUT2D eigenvalue weighted by molar-refractivity contribution is 5.86. The lowest BCUT2D eigenvalue weighted by molar-refractivity contribution is -0.106. The molecule has 0 saturated heterocycles. The number of fused-ring (bicyclic) bond motifs is 1. The Labute approximate surface area is 93.8 Å². The highest BCUT2D eigenvalue weighted by Gasteiger charge is 1.99. The first-order chi connectivity index (χ1) is 7.72. The lowest BCUT2D eigenvalue weighted by Gasteiger charge is -2.02. The minimum Gasteiger partial charge on any atom is -0.507 e. The Hall–Kier alpha value is -2.29. The molecular weight excluding hydrogens is 202 g/mol. The lowest BCUT2D eigenvalue weighted by Crippen LogP contribution is -1.82. The molecule has 0 fully saturated rings. The predicted molar refractivity (Wildman–Crippen MR) is 66.0 cm³/mol. The Morgan fingerprint density at radius 3 is 2.19 bits per heavy atom. The van der Waals surface area contributed by atoms with E-state index in [2.05, 4.69) is 12.3 Å². The van der Waals surface area contributed by atoms with Gasteiger partial charge in [-0.3, -0.25) is 4.79 Å². The van der Waals surface area contributed by atoms with Crippen molar-refractivity contribution >= 4 is 23.3 Å². The van der Waals surface area contributed by atoms with Gasteiger partial charge in [0, 0.05) is 5.56 Å². The number of amides is 1. The Balaban J connectivity index is 0.000000386. The van der Waals surface area contributed by atoms with Crippen molar-refractivity contribution in [3.8, 4) is 5.75 Å². The Morgan fingerprint density at radius 1 is 1.19 bits per heavy atom. The maximum absolute atomic E-state index is 9.54. The molecule has 3 N–H and O–H groups in total. The molecule has 0 aromatic heterocycles. The Kier molecular flexibility index (Phi) is 4.09. The molecule has 0 spiro atoms. The third-order valence-corrected chi connectivity index (χ3v) is 2.11. The molecule has 0 unspecified atom stereocenters. The molecular formula is C13H13NO2. The number of carbonyl (C=O) groups excluding carboxylic acids is 1. The number of hydrogen-bond acceptors (Lipinski definition) is 2. The van der Waals surface area contributed by atoms with Gasteiger partial charge in [0.15, 0.2) is 0 Å². The van der Waals surface area contributed by atoms with E-state index in [-0.39, 0.29) is 12.2 Å². The van der Waals surface area contributed by atoms with Crippen LogP contribution in [0.4, 0.5) is 0 Å². The van der Waals surface area contributed by atoms with E-state index in [0.29, 0.717) is 0 Å². The van der Waals surface area contributed by atoms with Crippen molar-refractivity contribution in [3.63, 3.8) is 0 Å². The first-order valence-corrected chi connectivity index (χ1v) is 4.72. The van der Waals surface area contributed by atoms with Gasteiger partial charge in [0.25, 0.3) is 0 Å². The Bertz CT molecular complexity index is 506.